The van der Waals surface area contributed by atoms with E-state index < -0.39 is 18.0 Å². The highest BCUT2D eigenvalue weighted by Gasteiger charge is 2.36. The molecule has 278 valence electrons. The molecule has 54 heavy (non-hydrogen) atoms. The topological polar surface area (TPSA) is 162 Å². The Hall–Kier alpha value is -5.69. The van der Waals surface area contributed by atoms with Gasteiger partial charge in [-0.2, -0.15) is 0 Å². The van der Waals surface area contributed by atoms with Gasteiger partial charge in [-0.15, -0.1) is 0 Å². The van der Waals surface area contributed by atoms with Crippen molar-refractivity contribution in [3.8, 4) is 16.9 Å². The Labute approximate surface area is 311 Å². The number of aliphatic hydroxyl groups excluding tert-OH is 1. The minimum absolute atomic E-state index is 0.0644. The van der Waals surface area contributed by atoms with Crippen molar-refractivity contribution < 1.29 is 24.2 Å². The number of piperidine rings is 3. The molecule has 3 fully saturated rings. The van der Waals surface area contributed by atoms with E-state index in [-0.39, 0.29) is 29.5 Å². The number of rotatable bonds is 12. The summed E-state index contributed by atoms with van der Waals surface area (Å²) in [7, 11) is 0. The van der Waals surface area contributed by atoms with Crippen LogP contribution >= 0.6 is 0 Å². The van der Waals surface area contributed by atoms with E-state index in [1.165, 1.54) is 12.1 Å². The average Bonchev–Trinajstić information content (AvgIpc) is 3.49. The van der Waals surface area contributed by atoms with Crippen LogP contribution in [0.1, 0.15) is 42.1 Å². The zero-order valence-electron chi connectivity index (χ0n) is 29.8. The van der Waals surface area contributed by atoms with Crippen molar-refractivity contribution >= 4 is 33.8 Å². The molecular formula is C42H43N5O7. The van der Waals surface area contributed by atoms with E-state index in [1.54, 1.807) is 22.8 Å². The minimum atomic E-state index is -0.900. The predicted octanol–water partition coefficient (Wildman–Crippen LogP) is 5.91. The number of phenols is 1. The van der Waals surface area contributed by atoms with Gasteiger partial charge in [0.05, 0.1) is 22.8 Å². The smallest absolute Gasteiger partial charge is 0.419 e. The Bertz CT molecular complexity index is 2410. The molecule has 2 atom stereocenters. The number of anilines is 1. The van der Waals surface area contributed by atoms with E-state index in [0.717, 1.165) is 54.7 Å². The molecule has 0 spiro atoms. The lowest BCUT2D eigenvalue weighted by Crippen LogP contribution is -2.52. The number of fused-ring (bicyclic) bond motifs is 5. The third-order valence-corrected chi connectivity index (χ3v) is 10.8. The molecule has 4 aromatic carbocycles. The van der Waals surface area contributed by atoms with Crippen molar-refractivity contribution in [3.63, 3.8) is 0 Å². The SMILES string of the molecule is O=C(Nc1cc(CCCn2c(=O)oc3ccc(CNC[C@H](O)c4ccc(O)c5[nH]c(=O)ccc45)cc32)ccc1-c1ccccc1)O[C@@H]1CN2CCC1CC2. The lowest BCUT2D eigenvalue weighted by molar-refractivity contribution is -0.0289. The third-order valence-electron chi connectivity index (χ3n) is 10.8. The number of oxazole rings is 1. The van der Waals surface area contributed by atoms with Crippen LogP contribution in [0.25, 0.3) is 33.1 Å². The van der Waals surface area contributed by atoms with E-state index in [9.17, 15) is 24.6 Å². The number of ether oxygens (including phenoxy) is 1. The fourth-order valence-corrected chi connectivity index (χ4v) is 7.92. The first kappa shape index (κ1) is 35.3. The number of aryl methyl sites for hydroxylation is 2. The zero-order valence-corrected chi connectivity index (χ0v) is 29.8. The monoisotopic (exact) mass is 729 g/mol. The largest absolute Gasteiger partial charge is 0.506 e. The lowest BCUT2D eigenvalue weighted by Gasteiger charge is -2.43. The maximum absolute atomic E-state index is 13.2. The first-order valence-corrected chi connectivity index (χ1v) is 18.5. The maximum Gasteiger partial charge on any atom is 0.419 e. The van der Waals surface area contributed by atoms with Gasteiger partial charge in [-0.05, 0) is 97.3 Å². The van der Waals surface area contributed by atoms with Gasteiger partial charge >= 0.3 is 11.8 Å². The lowest BCUT2D eigenvalue weighted by atomic mass is 9.86. The van der Waals surface area contributed by atoms with Gasteiger partial charge in [-0.25, -0.2) is 9.59 Å². The number of H-pyrrole nitrogens is 1. The summed E-state index contributed by atoms with van der Waals surface area (Å²) in [6.07, 6.45) is 2.01. The second kappa shape index (κ2) is 15.3. The number of aromatic nitrogens is 2. The number of aliphatic hydroxyl groups is 1. The molecule has 9 rings (SSSR count). The molecule has 12 heteroatoms. The highest BCUT2D eigenvalue weighted by atomic mass is 16.6. The summed E-state index contributed by atoms with van der Waals surface area (Å²) in [4.78, 5) is 42.9. The van der Waals surface area contributed by atoms with Crippen LogP contribution < -0.4 is 21.9 Å². The molecule has 12 nitrogen and oxygen atoms in total. The van der Waals surface area contributed by atoms with Crippen LogP contribution in [0, 0.1) is 5.92 Å². The zero-order chi connectivity index (χ0) is 37.2. The normalized spacial score (nSPS) is 18.6. The van der Waals surface area contributed by atoms with Gasteiger partial charge in [-0.1, -0.05) is 54.6 Å². The molecule has 1 amide bonds. The minimum Gasteiger partial charge on any atom is -0.506 e. The highest BCUT2D eigenvalue weighted by Crippen LogP contribution is 2.33. The number of hydrogen-bond acceptors (Lipinski definition) is 9. The Morgan fingerprint density at radius 3 is 2.57 bits per heavy atom. The standard InChI is InChI=1S/C42H43N5O7/c48-35-13-11-31(32-12-15-39(50)45-40(32)35)36(49)24-43-23-27-9-14-37-34(22-27)47(42(52)54-37)18-4-5-26-8-10-30(28-6-2-1-3-7-28)33(21-26)44-41(51)53-38-25-46-19-16-29(38)17-20-46/h1-3,6-15,21-22,29,36,38,43,48-49H,4-5,16-20,23-25H2,(H,44,51)(H,45,50)/t36-,38+/m0/s1. The van der Waals surface area contributed by atoms with E-state index in [1.807, 2.05) is 54.6 Å². The quantitative estimate of drug-likeness (QED) is 0.103. The number of pyridine rings is 1. The van der Waals surface area contributed by atoms with Gasteiger partial charge in [0, 0.05) is 43.2 Å². The summed E-state index contributed by atoms with van der Waals surface area (Å²) in [5.74, 6) is -0.0821. The van der Waals surface area contributed by atoms with Gasteiger partial charge in [0.2, 0.25) is 5.56 Å². The van der Waals surface area contributed by atoms with E-state index in [2.05, 4.69) is 26.6 Å². The summed E-state index contributed by atoms with van der Waals surface area (Å²) in [6, 6.07) is 27.6. The van der Waals surface area contributed by atoms with Gasteiger partial charge in [0.1, 0.15) is 11.9 Å². The van der Waals surface area contributed by atoms with Gasteiger partial charge in [0.25, 0.3) is 0 Å². The number of aromatic hydroxyl groups is 1. The second-order valence-corrected chi connectivity index (χ2v) is 14.3. The van der Waals surface area contributed by atoms with Crippen LogP contribution in [0.4, 0.5) is 10.5 Å². The van der Waals surface area contributed by atoms with Crippen LogP contribution in [0.2, 0.25) is 0 Å². The Kier molecular flexibility index (Phi) is 10.0. The number of carbonyl (C=O) groups is 1. The Morgan fingerprint density at radius 1 is 0.963 bits per heavy atom. The molecule has 0 aliphatic carbocycles. The molecule has 2 aromatic heterocycles. The number of benzene rings is 4. The summed E-state index contributed by atoms with van der Waals surface area (Å²) in [5, 5.41) is 28.0. The molecule has 0 radical (unpaired) electrons. The number of nitrogens with zero attached hydrogens (tertiary/aromatic N) is 2. The molecule has 5 N–H and O–H groups in total. The fraction of sp³-hybridized carbons (Fsp3) is 0.310. The number of phenolic OH excluding ortho intramolecular Hbond substituents is 1. The molecule has 3 aliphatic rings. The molecule has 5 heterocycles. The van der Waals surface area contributed by atoms with E-state index >= 15 is 0 Å². The van der Waals surface area contributed by atoms with Crippen molar-refractivity contribution in [1.29, 1.82) is 0 Å². The molecular weight excluding hydrogens is 686 g/mol. The molecule has 0 unspecified atom stereocenters. The molecule has 0 saturated carbocycles. The van der Waals surface area contributed by atoms with Gasteiger partial charge in [0.15, 0.2) is 5.58 Å². The summed E-state index contributed by atoms with van der Waals surface area (Å²) in [6.45, 7) is 4.00. The molecule has 3 aliphatic heterocycles. The van der Waals surface area contributed by atoms with Crippen LogP contribution in [0.15, 0.2) is 105 Å². The highest BCUT2D eigenvalue weighted by molar-refractivity contribution is 5.92. The first-order valence-electron chi connectivity index (χ1n) is 18.5. The summed E-state index contributed by atoms with van der Waals surface area (Å²) >= 11 is 0. The van der Waals surface area contributed by atoms with Gasteiger partial charge < -0.3 is 29.7 Å². The number of nitrogens with one attached hydrogen (secondary N) is 3. The summed E-state index contributed by atoms with van der Waals surface area (Å²) in [5.41, 5.74) is 6.20. The predicted molar refractivity (Wildman–Crippen MR) is 207 cm³/mol. The number of amides is 1. The Morgan fingerprint density at radius 2 is 1.78 bits per heavy atom. The van der Waals surface area contributed by atoms with Crippen LogP contribution in [0.3, 0.4) is 0 Å². The van der Waals surface area contributed by atoms with Crippen LogP contribution in [0.5, 0.6) is 5.75 Å². The Balaban J connectivity index is 0.922. The molecule has 2 bridgehead atoms. The number of carbonyl (C=O) groups excluding carboxylic acids is 1. The fourth-order valence-electron chi connectivity index (χ4n) is 7.92. The van der Waals surface area contributed by atoms with Gasteiger partial charge in [-0.3, -0.25) is 19.6 Å². The first-order chi connectivity index (χ1) is 26.3. The van der Waals surface area contributed by atoms with Crippen molar-refractivity contribution in [3.05, 3.63) is 129 Å². The van der Waals surface area contributed by atoms with Crippen LogP contribution in [-0.2, 0) is 24.2 Å². The third kappa shape index (κ3) is 7.54. The number of hydrogen-bond donors (Lipinski definition) is 5. The molecule has 3 saturated heterocycles. The summed E-state index contributed by atoms with van der Waals surface area (Å²) < 4.78 is 13.2. The van der Waals surface area contributed by atoms with Crippen molar-refractivity contribution in [2.24, 2.45) is 5.92 Å². The average molecular weight is 730 g/mol. The van der Waals surface area contributed by atoms with Crippen molar-refractivity contribution in [1.82, 2.24) is 19.8 Å². The van der Waals surface area contributed by atoms with Crippen molar-refractivity contribution in [2.45, 2.75) is 51.0 Å². The maximum atomic E-state index is 13.2. The van der Waals surface area contributed by atoms with Crippen molar-refractivity contribution in [2.75, 3.05) is 31.5 Å². The van der Waals surface area contributed by atoms with E-state index in [0.29, 0.717) is 59.6 Å². The molecule has 6 aromatic rings. The van der Waals surface area contributed by atoms with E-state index in [4.69, 9.17) is 9.15 Å². The van der Waals surface area contributed by atoms with Crippen LogP contribution in [-0.4, -0.2) is 63.0 Å². The number of aromatic amines is 1. The second-order valence-electron chi connectivity index (χ2n) is 14.3.